The molecule has 0 atom stereocenters. The molecule has 10 nitrogen and oxygen atoms in total. The highest BCUT2D eigenvalue weighted by molar-refractivity contribution is 5.55. The summed E-state index contributed by atoms with van der Waals surface area (Å²) < 4.78 is 31.7. The van der Waals surface area contributed by atoms with Crippen LogP contribution in [0.25, 0.3) is 17.2 Å². The molecule has 4 aromatic heterocycles. The van der Waals surface area contributed by atoms with Crippen LogP contribution in [0.2, 0.25) is 0 Å². The lowest BCUT2D eigenvalue weighted by atomic mass is 10.0. The average molecular weight is 437 g/mol. The molecule has 2 aliphatic rings. The summed E-state index contributed by atoms with van der Waals surface area (Å²) in [6.07, 6.45) is 0.913. The van der Waals surface area contributed by atoms with Crippen LogP contribution in [0.15, 0.2) is 28.8 Å². The number of rotatable bonds is 5. The SMILES string of the molecule is Cc1onc(-c2nnc3ccc(OCc4ccc5c(n4)CCN(C4COC4)C5)nn23)c1F. The first-order valence-electron chi connectivity index (χ1n) is 10.4. The zero-order valence-electron chi connectivity index (χ0n) is 17.4. The first kappa shape index (κ1) is 19.3. The molecular weight excluding hydrogens is 417 g/mol. The predicted molar refractivity (Wildman–Crippen MR) is 108 cm³/mol. The lowest BCUT2D eigenvalue weighted by molar-refractivity contribution is -0.0696. The van der Waals surface area contributed by atoms with Crippen molar-refractivity contribution in [2.24, 2.45) is 0 Å². The summed E-state index contributed by atoms with van der Waals surface area (Å²) in [5.74, 6) is -0.0242. The number of aryl methyl sites for hydroxylation is 1. The standard InChI is InChI=1S/C21H20FN7O3/c1-12-19(22)20(27-32-12)21-25-24-17-4-5-18(26-29(17)21)31-9-14-3-2-13-8-28(15-10-30-11-15)7-6-16(13)23-14/h2-5,15H,6-11H2,1H3. The second-order valence-electron chi connectivity index (χ2n) is 7.98. The van der Waals surface area contributed by atoms with E-state index in [4.69, 9.17) is 19.0 Å². The summed E-state index contributed by atoms with van der Waals surface area (Å²) in [5.41, 5.74) is 3.60. The van der Waals surface area contributed by atoms with Crippen LogP contribution < -0.4 is 4.74 Å². The van der Waals surface area contributed by atoms with Gasteiger partial charge in [0.1, 0.15) is 6.61 Å². The van der Waals surface area contributed by atoms with Crippen molar-refractivity contribution >= 4 is 5.65 Å². The van der Waals surface area contributed by atoms with Crippen LogP contribution in [0, 0.1) is 12.7 Å². The molecule has 164 valence electrons. The van der Waals surface area contributed by atoms with Gasteiger partial charge in [-0.2, -0.15) is 4.52 Å². The molecule has 2 aliphatic heterocycles. The largest absolute Gasteiger partial charge is 0.470 e. The summed E-state index contributed by atoms with van der Waals surface area (Å²) in [6.45, 7) is 5.30. The van der Waals surface area contributed by atoms with E-state index in [9.17, 15) is 4.39 Å². The number of fused-ring (bicyclic) bond motifs is 2. The van der Waals surface area contributed by atoms with Crippen molar-refractivity contribution in [1.29, 1.82) is 0 Å². The van der Waals surface area contributed by atoms with Crippen LogP contribution in [0.1, 0.15) is 22.7 Å². The van der Waals surface area contributed by atoms with Gasteiger partial charge in [0, 0.05) is 31.3 Å². The Labute approximate surface area is 182 Å². The van der Waals surface area contributed by atoms with E-state index >= 15 is 0 Å². The van der Waals surface area contributed by atoms with E-state index in [1.165, 1.54) is 17.0 Å². The third kappa shape index (κ3) is 3.30. The number of hydrogen-bond donors (Lipinski definition) is 0. The molecule has 11 heteroatoms. The average Bonchev–Trinajstić information content (AvgIpc) is 3.33. The van der Waals surface area contributed by atoms with Gasteiger partial charge in [-0.25, -0.2) is 4.39 Å². The maximum absolute atomic E-state index is 14.2. The highest BCUT2D eigenvalue weighted by atomic mass is 19.1. The Kier molecular flexibility index (Phi) is 4.58. The summed E-state index contributed by atoms with van der Waals surface area (Å²) >= 11 is 0. The van der Waals surface area contributed by atoms with Crippen LogP contribution in [-0.2, 0) is 24.3 Å². The summed E-state index contributed by atoms with van der Waals surface area (Å²) in [7, 11) is 0. The van der Waals surface area contributed by atoms with Crippen molar-refractivity contribution in [3.8, 4) is 17.4 Å². The molecule has 4 aromatic rings. The molecule has 0 saturated carbocycles. The Bertz CT molecular complexity index is 1300. The molecule has 1 fully saturated rings. The summed E-state index contributed by atoms with van der Waals surface area (Å²) in [4.78, 5) is 7.24. The lowest BCUT2D eigenvalue weighted by Gasteiger charge is -2.39. The van der Waals surface area contributed by atoms with Crippen molar-refractivity contribution in [2.75, 3.05) is 19.8 Å². The first-order valence-corrected chi connectivity index (χ1v) is 10.4. The van der Waals surface area contributed by atoms with E-state index in [2.05, 4.69) is 31.4 Å². The Morgan fingerprint density at radius 2 is 2.09 bits per heavy atom. The second kappa shape index (κ2) is 7.61. The fraction of sp³-hybridized carbons (Fsp3) is 0.381. The smallest absolute Gasteiger partial charge is 0.232 e. The van der Waals surface area contributed by atoms with E-state index < -0.39 is 5.82 Å². The van der Waals surface area contributed by atoms with Gasteiger partial charge in [-0.1, -0.05) is 11.2 Å². The fourth-order valence-electron chi connectivity index (χ4n) is 3.95. The molecule has 0 bridgehead atoms. The number of hydrogen-bond acceptors (Lipinski definition) is 9. The molecule has 0 aliphatic carbocycles. The van der Waals surface area contributed by atoms with Crippen LogP contribution in [0.5, 0.6) is 5.88 Å². The maximum Gasteiger partial charge on any atom is 0.232 e. The van der Waals surface area contributed by atoms with Gasteiger partial charge in [-0.3, -0.25) is 9.88 Å². The monoisotopic (exact) mass is 437 g/mol. The Balaban J connectivity index is 1.19. The molecule has 0 unspecified atom stereocenters. The zero-order chi connectivity index (χ0) is 21.7. The molecule has 0 radical (unpaired) electrons. The van der Waals surface area contributed by atoms with Gasteiger partial charge in [-0.15, -0.1) is 15.3 Å². The van der Waals surface area contributed by atoms with Gasteiger partial charge >= 0.3 is 0 Å². The quantitative estimate of drug-likeness (QED) is 0.463. The minimum absolute atomic E-state index is 0.0430. The molecule has 0 amide bonds. The molecule has 0 aromatic carbocycles. The highest BCUT2D eigenvalue weighted by Crippen LogP contribution is 2.24. The van der Waals surface area contributed by atoms with E-state index in [-0.39, 0.29) is 23.9 Å². The van der Waals surface area contributed by atoms with Crippen molar-refractivity contribution in [3.05, 3.63) is 52.8 Å². The van der Waals surface area contributed by atoms with Gasteiger partial charge in [0.2, 0.25) is 11.7 Å². The van der Waals surface area contributed by atoms with E-state index in [1.807, 2.05) is 6.07 Å². The second-order valence-corrected chi connectivity index (χ2v) is 7.98. The van der Waals surface area contributed by atoms with Crippen molar-refractivity contribution in [1.82, 2.24) is 34.9 Å². The molecule has 32 heavy (non-hydrogen) atoms. The molecule has 1 saturated heterocycles. The van der Waals surface area contributed by atoms with E-state index in [0.717, 1.165) is 44.1 Å². The highest BCUT2D eigenvalue weighted by Gasteiger charge is 2.29. The van der Waals surface area contributed by atoms with Crippen LogP contribution in [-0.4, -0.2) is 60.7 Å². The number of halogens is 1. The summed E-state index contributed by atoms with van der Waals surface area (Å²) in [6, 6.07) is 8.02. The van der Waals surface area contributed by atoms with Crippen molar-refractivity contribution in [3.63, 3.8) is 0 Å². The van der Waals surface area contributed by atoms with Crippen molar-refractivity contribution in [2.45, 2.75) is 32.5 Å². The Hall–Kier alpha value is -3.44. The van der Waals surface area contributed by atoms with Crippen LogP contribution >= 0.6 is 0 Å². The van der Waals surface area contributed by atoms with Crippen LogP contribution in [0.4, 0.5) is 4.39 Å². The topological polar surface area (TPSA) is 104 Å². The minimum Gasteiger partial charge on any atom is -0.470 e. The van der Waals surface area contributed by atoms with Gasteiger partial charge in [0.15, 0.2) is 22.9 Å². The first-order chi connectivity index (χ1) is 15.7. The third-order valence-corrected chi connectivity index (χ3v) is 5.88. The number of nitrogens with zero attached hydrogens (tertiary/aromatic N) is 7. The van der Waals surface area contributed by atoms with Gasteiger partial charge in [-0.05, 0) is 24.6 Å². The number of ether oxygens (including phenoxy) is 2. The van der Waals surface area contributed by atoms with Crippen molar-refractivity contribution < 1.29 is 18.4 Å². The minimum atomic E-state index is -0.589. The Morgan fingerprint density at radius 3 is 2.88 bits per heavy atom. The summed E-state index contributed by atoms with van der Waals surface area (Å²) in [5, 5.41) is 16.1. The molecule has 6 heterocycles. The Morgan fingerprint density at radius 1 is 1.19 bits per heavy atom. The van der Waals surface area contributed by atoms with Crippen LogP contribution in [0.3, 0.4) is 0 Å². The van der Waals surface area contributed by atoms with Gasteiger partial charge in [0.25, 0.3) is 0 Å². The third-order valence-electron chi connectivity index (χ3n) is 5.88. The van der Waals surface area contributed by atoms with Gasteiger partial charge < -0.3 is 14.0 Å². The number of aromatic nitrogens is 6. The predicted octanol–water partition coefficient (Wildman–Crippen LogP) is 1.96. The molecular formula is C21H20FN7O3. The number of pyridine rings is 1. The normalized spacial score (nSPS) is 16.8. The maximum atomic E-state index is 14.2. The zero-order valence-corrected chi connectivity index (χ0v) is 17.4. The molecule has 0 spiro atoms. The fourth-order valence-corrected chi connectivity index (χ4v) is 3.95. The van der Waals surface area contributed by atoms with E-state index in [0.29, 0.717) is 17.6 Å². The lowest BCUT2D eigenvalue weighted by Crippen LogP contribution is -2.50. The van der Waals surface area contributed by atoms with E-state index in [1.54, 1.807) is 12.1 Å². The van der Waals surface area contributed by atoms with Gasteiger partial charge in [0.05, 0.1) is 24.9 Å². The molecule has 0 N–H and O–H groups in total. The molecule has 6 rings (SSSR count).